The van der Waals surface area contributed by atoms with Gasteiger partial charge in [0.2, 0.25) is 0 Å². The van der Waals surface area contributed by atoms with Crippen molar-refractivity contribution < 1.29 is 9.13 Å². The topological polar surface area (TPSA) is 37.4 Å². The first kappa shape index (κ1) is 20.4. The second kappa shape index (κ2) is 10.3. The van der Waals surface area contributed by atoms with Crippen LogP contribution in [0.4, 0.5) is 10.1 Å². The Hall–Kier alpha value is -1.88. The van der Waals surface area contributed by atoms with Crippen molar-refractivity contribution in [2.24, 2.45) is 0 Å². The lowest BCUT2D eigenvalue weighted by Gasteiger charge is -2.17. The normalized spacial score (nSPS) is 11.3. The number of rotatable bonds is 11. The first-order valence-electron chi connectivity index (χ1n) is 9.70. The van der Waals surface area contributed by atoms with E-state index >= 15 is 0 Å². The maximum Gasteiger partial charge on any atom is 0.174 e. The molecule has 0 saturated carbocycles. The molecule has 2 aromatic rings. The number of pyridine rings is 1. The van der Waals surface area contributed by atoms with E-state index < -0.39 is 0 Å². The van der Waals surface area contributed by atoms with Crippen LogP contribution in [0, 0.1) is 12.7 Å². The monoisotopic (exact) mass is 361 g/mol. The summed E-state index contributed by atoms with van der Waals surface area (Å²) in [5.74, 6) is -0.0784. The van der Waals surface area contributed by atoms with Crippen LogP contribution in [-0.4, -0.2) is 43.2 Å². The van der Waals surface area contributed by atoms with Gasteiger partial charge in [-0.2, -0.15) is 0 Å². The van der Waals surface area contributed by atoms with Crippen LogP contribution in [0.2, 0.25) is 0 Å². The molecule has 1 aromatic carbocycles. The van der Waals surface area contributed by atoms with Crippen LogP contribution in [0.5, 0.6) is 5.75 Å². The summed E-state index contributed by atoms with van der Waals surface area (Å²) in [6.45, 7) is 10.6. The van der Waals surface area contributed by atoms with Crippen LogP contribution in [0.1, 0.15) is 45.1 Å². The maximum atomic E-state index is 14.6. The number of hydrogen-bond donors (Lipinski definition) is 1. The molecule has 2 rings (SSSR count). The third-order valence-corrected chi connectivity index (χ3v) is 4.96. The van der Waals surface area contributed by atoms with Crippen molar-refractivity contribution in [3.8, 4) is 5.75 Å². The number of anilines is 1. The Morgan fingerprint density at radius 3 is 2.58 bits per heavy atom. The van der Waals surface area contributed by atoms with E-state index in [4.69, 9.17) is 4.74 Å². The smallest absolute Gasteiger partial charge is 0.174 e. The highest BCUT2D eigenvalue weighted by molar-refractivity contribution is 5.94. The second-order valence-electron chi connectivity index (χ2n) is 6.66. The highest BCUT2D eigenvalue weighted by Crippen LogP contribution is 2.33. The van der Waals surface area contributed by atoms with Crippen LogP contribution < -0.4 is 10.1 Å². The van der Waals surface area contributed by atoms with Crippen LogP contribution in [0.25, 0.3) is 10.9 Å². The quantitative estimate of drug-likeness (QED) is 0.571. The molecule has 5 heteroatoms. The largest absolute Gasteiger partial charge is 0.494 e. The highest BCUT2D eigenvalue weighted by atomic mass is 19.1. The van der Waals surface area contributed by atoms with E-state index in [2.05, 4.69) is 29.0 Å². The number of benzene rings is 1. The molecule has 0 aliphatic rings. The molecule has 26 heavy (non-hydrogen) atoms. The number of aryl methyl sites for hydroxylation is 1. The number of aromatic nitrogens is 1. The van der Waals surface area contributed by atoms with Gasteiger partial charge in [-0.3, -0.25) is 4.98 Å². The number of hydrogen-bond acceptors (Lipinski definition) is 4. The first-order valence-corrected chi connectivity index (χ1v) is 9.70. The van der Waals surface area contributed by atoms with Crippen LogP contribution in [0.15, 0.2) is 18.3 Å². The minimum atomic E-state index is -0.338. The Bertz CT molecular complexity index is 701. The Balaban J connectivity index is 1.91. The fraction of sp³-hybridized carbons (Fsp3) is 0.571. The van der Waals surface area contributed by atoms with Gasteiger partial charge in [0.1, 0.15) is 0 Å². The standard InChI is InChI=1S/C21H32FN3O/c1-5-25(6-2)14-10-8-7-9-12-23-17-15-18(26-4)20(22)19-16(3)11-13-24-21(17)19/h11,13,15,23H,5-10,12,14H2,1-4H3. The summed E-state index contributed by atoms with van der Waals surface area (Å²) in [5.41, 5.74) is 2.38. The molecule has 0 amide bonds. The molecule has 0 saturated heterocycles. The lowest BCUT2D eigenvalue weighted by Crippen LogP contribution is -2.23. The lowest BCUT2D eigenvalue weighted by molar-refractivity contribution is 0.295. The van der Waals surface area contributed by atoms with Gasteiger partial charge in [0, 0.05) is 24.2 Å². The number of nitrogens with zero attached hydrogens (tertiary/aromatic N) is 2. The molecular weight excluding hydrogens is 329 g/mol. The van der Waals surface area contributed by atoms with Crippen molar-refractivity contribution in [3.05, 3.63) is 29.7 Å². The van der Waals surface area contributed by atoms with E-state index in [9.17, 15) is 4.39 Å². The average Bonchev–Trinajstić information content (AvgIpc) is 2.65. The summed E-state index contributed by atoms with van der Waals surface area (Å²) in [4.78, 5) is 6.84. The Morgan fingerprint density at radius 2 is 1.88 bits per heavy atom. The van der Waals surface area contributed by atoms with Gasteiger partial charge in [-0.05, 0) is 51.0 Å². The Labute approximate surface area is 156 Å². The number of unbranched alkanes of at least 4 members (excludes halogenated alkanes) is 3. The van der Waals surface area contributed by atoms with E-state index in [0.29, 0.717) is 10.9 Å². The first-order chi connectivity index (χ1) is 12.6. The van der Waals surface area contributed by atoms with E-state index in [1.807, 2.05) is 13.0 Å². The van der Waals surface area contributed by atoms with Gasteiger partial charge in [-0.1, -0.05) is 26.7 Å². The zero-order chi connectivity index (χ0) is 18.9. The second-order valence-corrected chi connectivity index (χ2v) is 6.66. The SMILES string of the molecule is CCN(CC)CCCCCCNc1cc(OC)c(F)c2c(C)ccnc12. The van der Waals surface area contributed by atoms with Gasteiger partial charge in [-0.15, -0.1) is 0 Å². The predicted molar refractivity (Wildman–Crippen MR) is 108 cm³/mol. The molecule has 0 fully saturated rings. The molecule has 1 heterocycles. The Kier molecular flexibility index (Phi) is 8.10. The molecule has 0 atom stereocenters. The summed E-state index contributed by atoms with van der Waals surface area (Å²) >= 11 is 0. The molecule has 0 spiro atoms. The third kappa shape index (κ3) is 5.07. The van der Waals surface area contributed by atoms with E-state index in [-0.39, 0.29) is 11.6 Å². The van der Waals surface area contributed by atoms with Gasteiger partial charge >= 0.3 is 0 Å². The number of ether oxygens (including phenoxy) is 1. The molecule has 0 radical (unpaired) electrons. The summed E-state index contributed by atoms with van der Waals surface area (Å²) < 4.78 is 19.8. The molecule has 4 nitrogen and oxygen atoms in total. The average molecular weight is 362 g/mol. The fourth-order valence-corrected chi connectivity index (χ4v) is 3.29. The van der Waals surface area contributed by atoms with Crippen LogP contribution in [-0.2, 0) is 0 Å². The minimum Gasteiger partial charge on any atom is -0.494 e. The van der Waals surface area contributed by atoms with E-state index in [1.165, 1.54) is 32.9 Å². The molecule has 0 bridgehead atoms. The maximum absolute atomic E-state index is 14.6. The van der Waals surface area contributed by atoms with Crippen molar-refractivity contribution in [2.45, 2.75) is 46.5 Å². The van der Waals surface area contributed by atoms with Gasteiger partial charge in [0.05, 0.1) is 18.3 Å². The zero-order valence-electron chi connectivity index (χ0n) is 16.6. The minimum absolute atomic E-state index is 0.260. The molecule has 144 valence electrons. The fourth-order valence-electron chi connectivity index (χ4n) is 3.29. The predicted octanol–water partition coefficient (Wildman–Crippen LogP) is 5.01. The van der Waals surface area contributed by atoms with Crippen molar-refractivity contribution in [1.82, 2.24) is 9.88 Å². The van der Waals surface area contributed by atoms with Gasteiger partial charge in [0.15, 0.2) is 11.6 Å². The number of fused-ring (bicyclic) bond motifs is 1. The Morgan fingerprint density at radius 1 is 1.15 bits per heavy atom. The molecule has 0 unspecified atom stereocenters. The summed E-state index contributed by atoms with van der Waals surface area (Å²) in [5, 5.41) is 3.95. The van der Waals surface area contributed by atoms with Crippen molar-refractivity contribution >= 4 is 16.6 Å². The zero-order valence-corrected chi connectivity index (χ0v) is 16.6. The lowest BCUT2D eigenvalue weighted by atomic mass is 10.1. The number of nitrogens with one attached hydrogen (secondary N) is 1. The van der Waals surface area contributed by atoms with Crippen molar-refractivity contribution in [3.63, 3.8) is 0 Å². The van der Waals surface area contributed by atoms with E-state index in [0.717, 1.165) is 37.3 Å². The van der Waals surface area contributed by atoms with Crippen LogP contribution in [0.3, 0.4) is 0 Å². The van der Waals surface area contributed by atoms with E-state index in [1.54, 1.807) is 12.3 Å². The molecular formula is C21H32FN3O. The summed E-state index contributed by atoms with van der Waals surface area (Å²) in [7, 11) is 1.50. The molecule has 1 N–H and O–H groups in total. The molecule has 1 aromatic heterocycles. The van der Waals surface area contributed by atoms with Crippen molar-refractivity contribution in [2.75, 3.05) is 38.6 Å². The van der Waals surface area contributed by atoms with Gasteiger partial charge < -0.3 is 15.0 Å². The third-order valence-electron chi connectivity index (χ3n) is 4.96. The van der Waals surface area contributed by atoms with Crippen molar-refractivity contribution in [1.29, 1.82) is 0 Å². The number of halogens is 1. The summed E-state index contributed by atoms with van der Waals surface area (Å²) in [6.07, 6.45) is 6.49. The van der Waals surface area contributed by atoms with Gasteiger partial charge in [0.25, 0.3) is 0 Å². The summed E-state index contributed by atoms with van der Waals surface area (Å²) in [6, 6.07) is 3.54. The van der Waals surface area contributed by atoms with Crippen LogP contribution >= 0.6 is 0 Å². The number of methoxy groups -OCH3 is 1. The molecule has 0 aliphatic heterocycles. The van der Waals surface area contributed by atoms with Gasteiger partial charge in [-0.25, -0.2) is 4.39 Å². The molecule has 0 aliphatic carbocycles. The highest BCUT2D eigenvalue weighted by Gasteiger charge is 2.15.